The summed E-state index contributed by atoms with van der Waals surface area (Å²) in [4.78, 5) is 4.13. The van der Waals surface area contributed by atoms with E-state index in [-0.39, 0.29) is 0 Å². The molecule has 1 aliphatic heterocycles. The quantitative estimate of drug-likeness (QED) is 0.850. The molecule has 1 saturated heterocycles. The van der Waals surface area contributed by atoms with E-state index in [0.29, 0.717) is 0 Å². The van der Waals surface area contributed by atoms with Gasteiger partial charge in [-0.15, -0.1) is 11.3 Å². The molecule has 1 N–H and O–H groups in total. The second-order valence-corrected chi connectivity index (χ2v) is 6.91. The lowest BCUT2D eigenvalue weighted by atomic mass is 9.98. The van der Waals surface area contributed by atoms with E-state index in [0.717, 1.165) is 24.9 Å². The molecule has 1 aromatic heterocycles. The Kier molecular flexibility index (Phi) is 5.67. The van der Waals surface area contributed by atoms with Gasteiger partial charge in [-0.2, -0.15) is 0 Å². The van der Waals surface area contributed by atoms with Crippen LogP contribution >= 0.6 is 11.3 Å². The number of hydrogen-bond acceptors (Lipinski definition) is 3. The summed E-state index contributed by atoms with van der Waals surface area (Å²) in [5.74, 6) is 1.60. The summed E-state index contributed by atoms with van der Waals surface area (Å²) in [5, 5.41) is 5.79. The Labute approximate surface area is 115 Å². The third kappa shape index (κ3) is 4.71. The number of nitrogens with one attached hydrogen (secondary N) is 1. The van der Waals surface area contributed by atoms with E-state index < -0.39 is 0 Å². The number of nitrogens with zero attached hydrogens (tertiary/aromatic N) is 1. The molecule has 18 heavy (non-hydrogen) atoms. The Balaban J connectivity index is 1.71. The van der Waals surface area contributed by atoms with Crippen molar-refractivity contribution in [3.8, 4) is 0 Å². The van der Waals surface area contributed by atoms with Gasteiger partial charge < -0.3 is 5.32 Å². The summed E-state index contributed by atoms with van der Waals surface area (Å²) < 4.78 is 0. The molecule has 2 rings (SSSR count). The van der Waals surface area contributed by atoms with Crippen LogP contribution in [0.2, 0.25) is 0 Å². The van der Waals surface area contributed by atoms with Gasteiger partial charge in [0.1, 0.15) is 0 Å². The molecule has 0 spiro atoms. The fraction of sp³-hybridized carbons (Fsp3) is 0.733. The molecular formula is C15H26N2S. The van der Waals surface area contributed by atoms with Crippen LogP contribution in [0.1, 0.15) is 31.6 Å². The minimum Gasteiger partial charge on any atom is -0.316 e. The van der Waals surface area contributed by atoms with Gasteiger partial charge in [-0.1, -0.05) is 19.9 Å². The fourth-order valence-corrected chi connectivity index (χ4v) is 3.41. The largest absolute Gasteiger partial charge is 0.316 e. The summed E-state index contributed by atoms with van der Waals surface area (Å²) in [7, 11) is 0. The second-order valence-electron chi connectivity index (χ2n) is 5.87. The lowest BCUT2D eigenvalue weighted by Crippen LogP contribution is -2.39. The third-order valence-electron chi connectivity index (χ3n) is 3.55. The lowest BCUT2D eigenvalue weighted by molar-refractivity contribution is 0.166. The van der Waals surface area contributed by atoms with Crippen molar-refractivity contribution in [2.45, 2.75) is 33.2 Å². The maximum Gasteiger partial charge on any atom is 0.0328 e. The van der Waals surface area contributed by atoms with Crippen molar-refractivity contribution in [3.63, 3.8) is 0 Å². The second kappa shape index (κ2) is 7.27. The van der Waals surface area contributed by atoms with Crippen LogP contribution in [-0.4, -0.2) is 31.1 Å². The molecule has 0 aliphatic carbocycles. The molecule has 1 unspecified atom stereocenters. The van der Waals surface area contributed by atoms with Crippen molar-refractivity contribution in [2.75, 3.05) is 26.2 Å². The maximum atomic E-state index is 3.61. The molecule has 1 aromatic rings. The van der Waals surface area contributed by atoms with E-state index in [1.165, 1.54) is 37.4 Å². The van der Waals surface area contributed by atoms with Crippen molar-refractivity contribution in [3.05, 3.63) is 22.4 Å². The van der Waals surface area contributed by atoms with Gasteiger partial charge in [-0.25, -0.2) is 0 Å². The van der Waals surface area contributed by atoms with Gasteiger partial charge in [0.25, 0.3) is 0 Å². The van der Waals surface area contributed by atoms with E-state index in [9.17, 15) is 0 Å². The highest BCUT2D eigenvalue weighted by atomic mass is 32.1. The van der Waals surface area contributed by atoms with Crippen LogP contribution in [0, 0.1) is 11.8 Å². The molecule has 2 heterocycles. The Morgan fingerprint density at radius 1 is 1.50 bits per heavy atom. The maximum absolute atomic E-state index is 3.61. The highest BCUT2D eigenvalue weighted by molar-refractivity contribution is 7.09. The Bertz CT molecular complexity index is 321. The normalized spacial score (nSPS) is 21.6. The van der Waals surface area contributed by atoms with Crippen LogP contribution in [0.25, 0.3) is 0 Å². The number of hydrogen-bond donors (Lipinski definition) is 1. The zero-order valence-electron chi connectivity index (χ0n) is 11.7. The molecule has 0 saturated carbocycles. The summed E-state index contributed by atoms with van der Waals surface area (Å²) in [6, 6.07) is 4.41. The monoisotopic (exact) mass is 266 g/mol. The topological polar surface area (TPSA) is 15.3 Å². The first-order chi connectivity index (χ1) is 8.74. The van der Waals surface area contributed by atoms with Gasteiger partial charge in [0.05, 0.1) is 0 Å². The number of piperidine rings is 1. The molecule has 0 amide bonds. The van der Waals surface area contributed by atoms with Gasteiger partial charge in [-0.3, -0.25) is 4.90 Å². The van der Waals surface area contributed by atoms with Gasteiger partial charge in [0.15, 0.2) is 0 Å². The first-order valence-corrected chi connectivity index (χ1v) is 8.07. The Morgan fingerprint density at radius 3 is 3.11 bits per heavy atom. The van der Waals surface area contributed by atoms with E-state index in [1.54, 1.807) is 0 Å². The van der Waals surface area contributed by atoms with Gasteiger partial charge in [0, 0.05) is 18.0 Å². The molecule has 2 nitrogen and oxygen atoms in total. The minimum absolute atomic E-state index is 0.760. The zero-order valence-corrected chi connectivity index (χ0v) is 12.5. The average molecular weight is 266 g/mol. The van der Waals surface area contributed by atoms with Crippen LogP contribution < -0.4 is 5.32 Å². The number of likely N-dealkylation sites (tertiary alicyclic amines) is 1. The summed E-state index contributed by atoms with van der Waals surface area (Å²) in [6.45, 7) is 10.6. The van der Waals surface area contributed by atoms with Gasteiger partial charge >= 0.3 is 0 Å². The predicted molar refractivity (Wildman–Crippen MR) is 80.0 cm³/mol. The molecule has 1 atom stereocenters. The van der Waals surface area contributed by atoms with Crippen molar-refractivity contribution >= 4 is 11.3 Å². The Hall–Kier alpha value is -0.380. The standard InChI is InChI=1S/C15H26N2S/c1-13(2)9-16-10-14-5-3-7-17(11-14)12-15-6-4-8-18-15/h4,6,8,13-14,16H,3,5,7,9-12H2,1-2H3. The van der Waals surface area contributed by atoms with Gasteiger partial charge in [0.2, 0.25) is 0 Å². The SMILES string of the molecule is CC(C)CNCC1CCCN(Cc2cccs2)C1. The molecule has 1 aliphatic rings. The molecule has 102 valence electrons. The Morgan fingerprint density at radius 2 is 2.39 bits per heavy atom. The first-order valence-electron chi connectivity index (χ1n) is 7.19. The number of thiophene rings is 1. The van der Waals surface area contributed by atoms with Crippen LogP contribution in [0.15, 0.2) is 17.5 Å². The van der Waals surface area contributed by atoms with E-state index in [1.807, 2.05) is 11.3 Å². The highest BCUT2D eigenvalue weighted by Crippen LogP contribution is 2.19. The van der Waals surface area contributed by atoms with Crippen LogP contribution in [0.4, 0.5) is 0 Å². The fourth-order valence-electron chi connectivity index (χ4n) is 2.66. The lowest BCUT2D eigenvalue weighted by Gasteiger charge is -2.32. The van der Waals surface area contributed by atoms with Gasteiger partial charge in [-0.05, 0) is 55.8 Å². The summed E-state index contributed by atoms with van der Waals surface area (Å²) in [6.07, 6.45) is 2.76. The van der Waals surface area contributed by atoms with Crippen molar-refractivity contribution in [2.24, 2.45) is 11.8 Å². The predicted octanol–water partition coefficient (Wildman–Crippen LogP) is 3.21. The zero-order chi connectivity index (χ0) is 12.8. The van der Waals surface area contributed by atoms with Crippen molar-refractivity contribution in [1.29, 1.82) is 0 Å². The summed E-state index contributed by atoms with van der Waals surface area (Å²) in [5.41, 5.74) is 0. The van der Waals surface area contributed by atoms with E-state index in [2.05, 4.69) is 41.6 Å². The van der Waals surface area contributed by atoms with Crippen molar-refractivity contribution < 1.29 is 0 Å². The van der Waals surface area contributed by atoms with E-state index >= 15 is 0 Å². The summed E-state index contributed by atoms with van der Waals surface area (Å²) >= 11 is 1.88. The van der Waals surface area contributed by atoms with Crippen LogP contribution in [0.5, 0.6) is 0 Å². The molecule has 1 fully saturated rings. The molecule has 0 aromatic carbocycles. The third-order valence-corrected chi connectivity index (χ3v) is 4.41. The number of rotatable bonds is 6. The molecular weight excluding hydrogens is 240 g/mol. The molecule has 0 radical (unpaired) electrons. The first kappa shape index (κ1) is 14.0. The van der Waals surface area contributed by atoms with Crippen LogP contribution in [-0.2, 0) is 6.54 Å². The highest BCUT2D eigenvalue weighted by Gasteiger charge is 2.19. The molecule has 3 heteroatoms. The minimum atomic E-state index is 0.760. The smallest absolute Gasteiger partial charge is 0.0328 e. The van der Waals surface area contributed by atoms with Crippen LogP contribution in [0.3, 0.4) is 0 Å². The van der Waals surface area contributed by atoms with Crippen molar-refractivity contribution in [1.82, 2.24) is 10.2 Å². The molecule has 0 bridgehead atoms. The van der Waals surface area contributed by atoms with E-state index in [4.69, 9.17) is 0 Å². The average Bonchev–Trinajstić information content (AvgIpc) is 2.82.